The number of amides is 2. The van der Waals surface area contributed by atoms with Gasteiger partial charge in [-0.3, -0.25) is 0 Å². The molecule has 0 spiro atoms. The van der Waals surface area contributed by atoms with E-state index in [1.807, 2.05) is 36.4 Å². The van der Waals surface area contributed by atoms with Crippen molar-refractivity contribution in [3.05, 3.63) is 66.2 Å². The van der Waals surface area contributed by atoms with Gasteiger partial charge in [0.2, 0.25) is 0 Å². The third-order valence-electron chi connectivity index (χ3n) is 5.15. The number of ether oxygens (including phenoxy) is 2. The van der Waals surface area contributed by atoms with E-state index in [0.29, 0.717) is 19.1 Å². The lowest BCUT2D eigenvalue weighted by atomic mass is 9.93. The number of nitrogens with one attached hydrogen (secondary N) is 2. The maximum absolute atomic E-state index is 12.2. The molecule has 2 N–H and O–H groups in total. The summed E-state index contributed by atoms with van der Waals surface area (Å²) in [6.07, 6.45) is 2.07. The lowest BCUT2D eigenvalue weighted by molar-refractivity contribution is 0.0615. The number of carbonyl (C=O) groups is 1. The molecular weight excluding hydrogens is 328 g/mol. The Hall–Kier alpha value is -2.37. The van der Waals surface area contributed by atoms with Crippen molar-refractivity contribution in [1.29, 1.82) is 0 Å². The predicted molar refractivity (Wildman–Crippen MR) is 100 cm³/mol. The number of benzene rings is 2. The standard InChI is InChI=1S/C21H24N2O3/c24-21(22-17-9-5-2-6-10-17)23-18-14-26-19-16(13-25-20(18)19)12-11-15-7-3-1-4-8-15/h1-10,16,18-20H,11-14H2,(H2,22,23,24)/t16-,18+,19+,20-/m1/s1. The normalized spacial score (nSPS) is 27.1. The van der Waals surface area contributed by atoms with Crippen molar-refractivity contribution in [3.8, 4) is 0 Å². The van der Waals surface area contributed by atoms with Gasteiger partial charge in [-0.2, -0.15) is 0 Å². The van der Waals surface area contributed by atoms with Crippen molar-refractivity contribution in [3.63, 3.8) is 0 Å². The molecule has 0 radical (unpaired) electrons. The second-order valence-corrected chi connectivity index (χ2v) is 6.95. The van der Waals surface area contributed by atoms with Crippen LogP contribution in [0.15, 0.2) is 60.7 Å². The Bertz CT molecular complexity index is 723. The Kier molecular flexibility index (Phi) is 5.18. The smallest absolute Gasteiger partial charge is 0.319 e. The molecule has 0 unspecified atom stereocenters. The number of hydrogen-bond donors (Lipinski definition) is 2. The molecule has 2 heterocycles. The van der Waals surface area contributed by atoms with Crippen molar-refractivity contribution < 1.29 is 14.3 Å². The number of aryl methyl sites for hydroxylation is 1. The molecule has 0 saturated carbocycles. The van der Waals surface area contributed by atoms with E-state index in [2.05, 4.69) is 34.9 Å². The average molecular weight is 352 g/mol. The summed E-state index contributed by atoms with van der Waals surface area (Å²) >= 11 is 0. The maximum atomic E-state index is 12.2. The molecule has 2 aliphatic rings. The number of urea groups is 1. The molecule has 0 bridgehead atoms. The summed E-state index contributed by atoms with van der Waals surface area (Å²) in [7, 11) is 0. The largest absolute Gasteiger partial charge is 0.373 e. The van der Waals surface area contributed by atoms with E-state index < -0.39 is 0 Å². The summed E-state index contributed by atoms with van der Waals surface area (Å²) in [4.78, 5) is 12.2. The van der Waals surface area contributed by atoms with E-state index >= 15 is 0 Å². The summed E-state index contributed by atoms with van der Waals surface area (Å²) in [5.74, 6) is 0.379. The first kappa shape index (κ1) is 17.1. The minimum absolute atomic E-state index is 0.0581. The minimum Gasteiger partial charge on any atom is -0.373 e. The molecule has 5 heteroatoms. The summed E-state index contributed by atoms with van der Waals surface area (Å²) < 4.78 is 11.9. The lowest BCUT2D eigenvalue weighted by Crippen LogP contribution is -2.45. The van der Waals surface area contributed by atoms with Gasteiger partial charge >= 0.3 is 6.03 Å². The van der Waals surface area contributed by atoms with Crippen molar-refractivity contribution in [2.24, 2.45) is 5.92 Å². The number of fused-ring (bicyclic) bond motifs is 1. The van der Waals surface area contributed by atoms with E-state index in [1.165, 1.54) is 5.56 Å². The molecule has 136 valence electrons. The van der Waals surface area contributed by atoms with Gasteiger partial charge in [0.15, 0.2) is 0 Å². The van der Waals surface area contributed by atoms with Gasteiger partial charge < -0.3 is 20.1 Å². The Morgan fingerprint density at radius 2 is 1.62 bits per heavy atom. The van der Waals surface area contributed by atoms with Crippen LogP contribution in [0.2, 0.25) is 0 Å². The van der Waals surface area contributed by atoms with Crippen LogP contribution in [0.5, 0.6) is 0 Å². The fraction of sp³-hybridized carbons (Fsp3) is 0.381. The highest BCUT2D eigenvalue weighted by Gasteiger charge is 2.47. The molecule has 2 aromatic rings. The number of anilines is 1. The van der Waals surface area contributed by atoms with E-state index in [1.54, 1.807) is 0 Å². The van der Waals surface area contributed by atoms with Gasteiger partial charge in [-0.1, -0.05) is 48.5 Å². The molecule has 2 fully saturated rings. The van der Waals surface area contributed by atoms with Crippen molar-refractivity contribution >= 4 is 11.7 Å². The number of carbonyl (C=O) groups excluding carboxylic acids is 1. The Morgan fingerprint density at radius 1 is 0.923 bits per heavy atom. The number of hydrogen-bond acceptors (Lipinski definition) is 3. The van der Waals surface area contributed by atoms with Crippen molar-refractivity contribution in [1.82, 2.24) is 5.32 Å². The molecular formula is C21H24N2O3. The van der Waals surface area contributed by atoms with Crippen LogP contribution in [0.3, 0.4) is 0 Å². The minimum atomic E-state index is -0.221. The third-order valence-corrected chi connectivity index (χ3v) is 5.15. The van der Waals surface area contributed by atoms with Gasteiger partial charge in [0.05, 0.1) is 25.4 Å². The van der Waals surface area contributed by atoms with Gasteiger partial charge in [-0.15, -0.1) is 0 Å². The van der Waals surface area contributed by atoms with Gasteiger partial charge in [0.25, 0.3) is 0 Å². The summed E-state index contributed by atoms with van der Waals surface area (Å²) in [5.41, 5.74) is 2.11. The number of rotatable bonds is 5. The van der Waals surface area contributed by atoms with Crippen molar-refractivity contribution in [2.45, 2.75) is 31.1 Å². The molecule has 5 nitrogen and oxygen atoms in total. The second-order valence-electron chi connectivity index (χ2n) is 6.95. The van der Waals surface area contributed by atoms with Gasteiger partial charge in [-0.25, -0.2) is 4.79 Å². The van der Waals surface area contributed by atoms with E-state index in [4.69, 9.17) is 9.47 Å². The first-order valence-electron chi connectivity index (χ1n) is 9.19. The number of para-hydroxylation sites is 1. The summed E-state index contributed by atoms with van der Waals surface area (Å²) in [6, 6.07) is 19.6. The van der Waals surface area contributed by atoms with E-state index in [0.717, 1.165) is 18.5 Å². The van der Waals surface area contributed by atoms with E-state index in [9.17, 15) is 4.79 Å². The molecule has 2 amide bonds. The molecule has 26 heavy (non-hydrogen) atoms. The van der Waals surface area contributed by atoms with Crippen LogP contribution in [0.25, 0.3) is 0 Å². The van der Waals surface area contributed by atoms with Crippen LogP contribution < -0.4 is 10.6 Å². The fourth-order valence-corrected chi connectivity index (χ4v) is 3.80. The van der Waals surface area contributed by atoms with Crippen LogP contribution in [0.1, 0.15) is 12.0 Å². The highest BCUT2D eigenvalue weighted by Crippen LogP contribution is 2.33. The highest BCUT2D eigenvalue weighted by atomic mass is 16.6. The molecule has 2 aliphatic heterocycles. The zero-order valence-corrected chi connectivity index (χ0v) is 14.6. The second kappa shape index (κ2) is 7.89. The SMILES string of the molecule is O=C(Nc1ccccc1)N[C@H]1CO[C@H]2[C@H](CCc3ccccc3)CO[C@@H]21. The van der Waals surface area contributed by atoms with Gasteiger partial charge in [0, 0.05) is 11.6 Å². The maximum Gasteiger partial charge on any atom is 0.319 e. The summed E-state index contributed by atoms with van der Waals surface area (Å²) in [5, 5.41) is 5.84. The van der Waals surface area contributed by atoms with E-state index in [-0.39, 0.29) is 24.3 Å². The van der Waals surface area contributed by atoms with Gasteiger partial charge in [-0.05, 0) is 30.5 Å². The molecule has 2 saturated heterocycles. The zero-order valence-electron chi connectivity index (χ0n) is 14.6. The molecule has 2 aromatic carbocycles. The van der Waals surface area contributed by atoms with Crippen LogP contribution in [0, 0.1) is 5.92 Å². The monoisotopic (exact) mass is 352 g/mol. The molecule has 4 rings (SSSR count). The third kappa shape index (κ3) is 3.89. The Balaban J connectivity index is 1.28. The molecule has 4 atom stereocenters. The Labute approximate surface area is 153 Å². The summed E-state index contributed by atoms with van der Waals surface area (Å²) in [6.45, 7) is 1.19. The highest BCUT2D eigenvalue weighted by molar-refractivity contribution is 5.89. The van der Waals surface area contributed by atoms with Crippen LogP contribution in [-0.4, -0.2) is 37.5 Å². The lowest BCUT2D eigenvalue weighted by Gasteiger charge is -2.18. The topological polar surface area (TPSA) is 59.6 Å². The van der Waals surface area contributed by atoms with Crippen LogP contribution >= 0.6 is 0 Å². The zero-order chi connectivity index (χ0) is 17.8. The first-order valence-corrected chi connectivity index (χ1v) is 9.19. The first-order chi connectivity index (χ1) is 12.8. The molecule has 0 aromatic heterocycles. The predicted octanol–water partition coefficient (Wildman–Crippen LogP) is 3.22. The average Bonchev–Trinajstić information content (AvgIpc) is 3.25. The van der Waals surface area contributed by atoms with Crippen LogP contribution in [-0.2, 0) is 15.9 Å². The van der Waals surface area contributed by atoms with Crippen LogP contribution in [0.4, 0.5) is 10.5 Å². The van der Waals surface area contributed by atoms with Gasteiger partial charge in [0.1, 0.15) is 6.10 Å². The quantitative estimate of drug-likeness (QED) is 0.869. The fourth-order valence-electron chi connectivity index (χ4n) is 3.80. The molecule has 0 aliphatic carbocycles. The Morgan fingerprint density at radius 3 is 2.38 bits per heavy atom. The van der Waals surface area contributed by atoms with Crippen molar-refractivity contribution in [2.75, 3.05) is 18.5 Å².